The number of hydrogen-bond donors (Lipinski definition) is 0. The first-order chi connectivity index (χ1) is 40.0. The highest BCUT2D eigenvalue weighted by atomic mass is 16.6. The highest BCUT2D eigenvalue weighted by Crippen LogP contribution is 2.17. The Kier molecular flexibility index (Phi) is 64.3. The molecule has 1 unspecified atom stereocenters. The van der Waals surface area contributed by atoms with Crippen molar-refractivity contribution in [2.45, 2.75) is 309 Å². The van der Waals surface area contributed by atoms with E-state index in [0.29, 0.717) is 19.3 Å². The molecule has 81 heavy (non-hydrogen) atoms. The molecule has 0 aliphatic heterocycles. The predicted octanol–water partition coefficient (Wildman–Crippen LogP) is 23.3. The average Bonchev–Trinajstić information content (AvgIpc) is 3.47. The standard InChI is InChI=1S/C75H124O6/c1-4-7-10-13-16-19-22-25-28-31-34-36-37-39-41-44-47-50-53-56-59-62-65-68-74(77)80-71-72(70-79-73(76)67-64-61-58-55-52-49-46-43-40-33-30-27-24-21-18-15-12-9-6-3)81-75(78)69-66-63-60-57-54-51-48-45-42-38-35-32-29-26-23-20-17-14-11-8-5-2/h7,9-10,12,16,18-19,21,25,27-28,30,34,36,39-41,43,47,49-50,52,72H,4-6,8,11,13-15,17,20,22-24,26,29,31-33,35,37-38,42,44-46,48,51,53-71H2,1-3H3/b10-7-,12-9-,19-16-,21-18-,28-25-,30-27-,36-34-,41-39-,43-40-,50-47-,52-49-. The smallest absolute Gasteiger partial charge is 0.306 e. The Morgan fingerprint density at radius 3 is 0.765 bits per heavy atom. The highest BCUT2D eigenvalue weighted by Gasteiger charge is 2.19. The SMILES string of the molecule is CC/C=C\C/C=C\C/C=C\C/C=C\C/C=C\C/C=C\CCCCCCC(=O)OCC(COC(=O)CCCCC/C=C\C/C=C\C/C=C\C/C=C\C/C=C\CC)OC(=O)CCCCCCCCCCCCCCCCCCCCCCC. The van der Waals surface area contributed by atoms with E-state index in [-0.39, 0.29) is 31.1 Å². The monoisotopic (exact) mass is 1120 g/mol. The molecule has 0 aliphatic rings. The quantitative estimate of drug-likeness (QED) is 0.0261. The summed E-state index contributed by atoms with van der Waals surface area (Å²) in [6.07, 6.45) is 96.0. The van der Waals surface area contributed by atoms with Crippen LogP contribution in [0.2, 0.25) is 0 Å². The molecule has 0 heterocycles. The first-order valence-corrected chi connectivity index (χ1v) is 33.7. The maximum atomic E-state index is 13.0. The number of carbonyl (C=O) groups excluding carboxylic acids is 3. The van der Waals surface area contributed by atoms with Crippen LogP contribution in [0.3, 0.4) is 0 Å². The maximum absolute atomic E-state index is 13.0. The van der Waals surface area contributed by atoms with Crippen LogP contribution in [0.5, 0.6) is 0 Å². The first kappa shape index (κ1) is 76.5. The molecule has 0 fully saturated rings. The summed E-state index contributed by atoms with van der Waals surface area (Å²) in [5, 5.41) is 0. The van der Waals surface area contributed by atoms with Crippen LogP contribution in [0.1, 0.15) is 303 Å². The summed E-state index contributed by atoms with van der Waals surface area (Å²) >= 11 is 0. The Morgan fingerprint density at radius 1 is 0.259 bits per heavy atom. The van der Waals surface area contributed by atoms with Crippen molar-refractivity contribution in [1.29, 1.82) is 0 Å². The van der Waals surface area contributed by atoms with Gasteiger partial charge >= 0.3 is 17.9 Å². The van der Waals surface area contributed by atoms with E-state index >= 15 is 0 Å². The normalized spacial score (nSPS) is 13.0. The Balaban J connectivity index is 4.49. The van der Waals surface area contributed by atoms with Crippen molar-refractivity contribution < 1.29 is 28.6 Å². The van der Waals surface area contributed by atoms with Crippen molar-refractivity contribution in [2.24, 2.45) is 0 Å². The number of ether oxygens (including phenoxy) is 3. The van der Waals surface area contributed by atoms with Crippen LogP contribution < -0.4 is 0 Å². The van der Waals surface area contributed by atoms with E-state index in [1.807, 2.05) is 0 Å². The fraction of sp³-hybridized carbons (Fsp3) is 0.667. The number of allylic oxidation sites excluding steroid dienone is 22. The minimum Gasteiger partial charge on any atom is -0.462 e. The van der Waals surface area contributed by atoms with Crippen molar-refractivity contribution in [2.75, 3.05) is 13.2 Å². The van der Waals surface area contributed by atoms with E-state index in [2.05, 4.69) is 154 Å². The van der Waals surface area contributed by atoms with Gasteiger partial charge < -0.3 is 14.2 Å². The molecule has 1 atom stereocenters. The van der Waals surface area contributed by atoms with Crippen molar-refractivity contribution in [3.05, 3.63) is 134 Å². The lowest BCUT2D eigenvalue weighted by molar-refractivity contribution is -0.167. The summed E-state index contributed by atoms with van der Waals surface area (Å²) in [6.45, 7) is 6.39. The minimum absolute atomic E-state index is 0.104. The Hall–Kier alpha value is -4.45. The molecule has 0 N–H and O–H groups in total. The lowest BCUT2D eigenvalue weighted by Gasteiger charge is -2.18. The van der Waals surface area contributed by atoms with E-state index in [1.165, 1.54) is 116 Å². The van der Waals surface area contributed by atoms with Gasteiger partial charge in [0, 0.05) is 19.3 Å². The van der Waals surface area contributed by atoms with Gasteiger partial charge in [-0.3, -0.25) is 14.4 Å². The molecular formula is C75H124O6. The molecule has 0 amide bonds. The lowest BCUT2D eigenvalue weighted by Crippen LogP contribution is -2.30. The van der Waals surface area contributed by atoms with Crippen LogP contribution in [0, 0.1) is 0 Å². The fourth-order valence-electron chi connectivity index (χ4n) is 9.18. The third-order valence-electron chi connectivity index (χ3n) is 14.2. The molecule has 0 spiro atoms. The first-order valence-electron chi connectivity index (χ1n) is 33.7. The largest absolute Gasteiger partial charge is 0.462 e. The minimum atomic E-state index is -0.808. The van der Waals surface area contributed by atoms with E-state index in [4.69, 9.17) is 14.2 Å². The van der Waals surface area contributed by atoms with Gasteiger partial charge in [0.2, 0.25) is 0 Å². The summed E-state index contributed by atoms with van der Waals surface area (Å²) in [5.74, 6) is -0.950. The number of esters is 3. The predicted molar refractivity (Wildman–Crippen MR) is 353 cm³/mol. The van der Waals surface area contributed by atoms with Crippen molar-refractivity contribution >= 4 is 17.9 Å². The van der Waals surface area contributed by atoms with E-state index < -0.39 is 6.10 Å². The summed E-state index contributed by atoms with van der Waals surface area (Å²) in [5.41, 5.74) is 0. The molecule has 0 rings (SSSR count). The molecule has 0 saturated carbocycles. The number of hydrogen-bond acceptors (Lipinski definition) is 6. The van der Waals surface area contributed by atoms with E-state index in [9.17, 15) is 14.4 Å². The zero-order chi connectivity index (χ0) is 58.5. The van der Waals surface area contributed by atoms with Gasteiger partial charge in [-0.2, -0.15) is 0 Å². The Bertz CT molecular complexity index is 1720. The molecule has 0 radical (unpaired) electrons. The van der Waals surface area contributed by atoms with E-state index in [0.717, 1.165) is 148 Å². The summed E-state index contributed by atoms with van der Waals surface area (Å²) in [4.78, 5) is 38.4. The molecule has 0 aromatic rings. The number of unbranched alkanes of at least 4 members (excludes halogenated alkanes) is 27. The number of rotatable bonds is 60. The molecule has 0 bridgehead atoms. The Labute approximate surface area is 500 Å². The molecule has 6 nitrogen and oxygen atoms in total. The average molecular weight is 1120 g/mol. The maximum Gasteiger partial charge on any atom is 0.306 e. The Morgan fingerprint density at radius 2 is 0.481 bits per heavy atom. The summed E-state index contributed by atoms with van der Waals surface area (Å²) in [7, 11) is 0. The molecule has 0 aromatic carbocycles. The molecular weight excluding hydrogens is 997 g/mol. The molecule has 0 aliphatic carbocycles. The van der Waals surface area contributed by atoms with Crippen molar-refractivity contribution in [1.82, 2.24) is 0 Å². The van der Waals surface area contributed by atoms with Crippen LogP contribution in [-0.2, 0) is 28.6 Å². The topological polar surface area (TPSA) is 78.9 Å². The van der Waals surface area contributed by atoms with Gasteiger partial charge in [-0.25, -0.2) is 0 Å². The van der Waals surface area contributed by atoms with Crippen LogP contribution in [-0.4, -0.2) is 37.2 Å². The van der Waals surface area contributed by atoms with Crippen LogP contribution in [0.15, 0.2) is 134 Å². The molecule has 6 heteroatoms. The summed E-state index contributed by atoms with van der Waals surface area (Å²) < 4.78 is 16.9. The van der Waals surface area contributed by atoms with Gasteiger partial charge in [0.1, 0.15) is 13.2 Å². The van der Waals surface area contributed by atoms with Gasteiger partial charge in [0.15, 0.2) is 6.10 Å². The van der Waals surface area contributed by atoms with Gasteiger partial charge in [-0.05, 0) is 116 Å². The fourth-order valence-corrected chi connectivity index (χ4v) is 9.18. The lowest BCUT2D eigenvalue weighted by atomic mass is 10.0. The van der Waals surface area contributed by atoms with Gasteiger partial charge in [-0.15, -0.1) is 0 Å². The van der Waals surface area contributed by atoms with Crippen molar-refractivity contribution in [3.8, 4) is 0 Å². The van der Waals surface area contributed by atoms with E-state index in [1.54, 1.807) is 0 Å². The van der Waals surface area contributed by atoms with Gasteiger partial charge in [-0.1, -0.05) is 302 Å². The van der Waals surface area contributed by atoms with Crippen LogP contribution in [0.4, 0.5) is 0 Å². The second kappa shape index (κ2) is 68.1. The third-order valence-corrected chi connectivity index (χ3v) is 14.2. The zero-order valence-corrected chi connectivity index (χ0v) is 52.8. The second-order valence-corrected chi connectivity index (χ2v) is 22.0. The molecule has 460 valence electrons. The second-order valence-electron chi connectivity index (χ2n) is 22.0. The third kappa shape index (κ3) is 66.2. The zero-order valence-electron chi connectivity index (χ0n) is 52.8. The molecule has 0 aromatic heterocycles. The van der Waals surface area contributed by atoms with Gasteiger partial charge in [0.05, 0.1) is 0 Å². The van der Waals surface area contributed by atoms with Crippen LogP contribution >= 0.6 is 0 Å². The summed E-state index contributed by atoms with van der Waals surface area (Å²) in [6, 6.07) is 0. The molecule has 0 saturated heterocycles. The highest BCUT2D eigenvalue weighted by molar-refractivity contribution is 5.71. The van der Waals surface area contributed by atoms with Crippen LogP contribution in [0.25, 0.3) is 0 Å². The van der Waals surface area contributed by atoms with Crippen molar-refractivity contribution in [3.63, 3.8) is 0 Å². The number of carbonyl (C=O) groups is 3. The van der Waals surface area contributed by atoms with Gasteiger partial charge in [0.25, 0.3) is 0 Å².